The molecule has 0 amide bonds. The molecule has 0 spiro atoms. The molecule has 1 aliphatic carbocycles. The molecule has 1 heterocycles. The van der Waals surface area contributed by atoms with E-state index in [1.165, 1.54) is 30.3 Å². The molecule has 1 saturated carbocycles. The Morgan fingerprint density at radius 3 is 2.83 bits per heavy atom. The second kappa shape index (κ2) is 6.33. The predicted octanol–water partition coefficient (Wildman–Crippen LogP) is 1.22. The minimum atomic E-state index is -0.375. The molecule has 0 unspecified atom stereocenters. The fourth-order valence-corrected chi connectivity index (χ4v) is 2.68. The molecule has 1 aromatic heterocycles. The van der Waals surface area contributed by atoms with Crippen LogP contribution in [-0.2, 0) is 6.54 Å². The van der Waals surface area contributed by atoms with Crippen molar-refractivity contribution in [2.75, 3.05) is 6.54 Å². The summed E-state index contributed by atoms with van der Waals surface area (Å²) in [5.74, 6) is 0. The highest BCUT2D eigenvalue weighted by molar-refractivity contribution is 9.10. The van der Waals surface area contributed by atoms with Gasteiger partial charge in [0.15, 0.2) is 0 Å². The molecule has 6 heteroatoms. The second-order valence-corrected chi connectivity index (χ2v) is 5.57. The summed E-state index contributed by atoms with van der Waals surface area (Å²) >= 11 is 3.12. The standard InChI is InChI=1S/C12H18BrN3O2/c13-10-8-16(12(18)15-11(10)17)7-3-6-14-9-4-1-2-5-9/h8-9,14H,1-7H2,(H,15,17,18). The smallest absolute Gasteiger partial charge is 0.314 e. The van der Waals surface area contributed by atoms with Crippen molar-refractivity contribution in [3.63, 3.8) is 0 Å². The van der Waals surface area contributed by atoms with Crippen LogP contribution in [0.4, 0.5) is 0 Å². The van der Waals surface area contributed by atoms with Gasteiger partial charge in [-0.25, -0.2) is 4.79 Å². The van der Waals surface area contributed by atoms with E-state index >= 15 is 0 Å². The summed E-state index contributed by atoms with van der Waals surface area (Å²) in [7, 11) is 0. The van der Waals surface area contributed by atoms with Crippen molar-refractivity contribution in [3.8, 4) is 0 Å². The first kappa shape index (κ1) is 13.5. The van der Waals surface area contributed by atoms with Crippen molar-refractivity contribution in [1.82, 2.24) is 14.9 Å². The van der Waals surface area contributed by atoms with Crippen molar-refractivity contribution in [2.24, 2.45) is 0 Å². The zero-order chi connectivity index (χ0) is 13.0. The summed E-state index contributed by atoms with van der Waals surface area (Å²) in [4.78, 5) is 25.0. The van der Waals surface area contributed by atoms with Gasteiger partial charge in [0.05, 0.1) is 4.47 Å². The number of aryl methyl sites for hydroxylation is 1. The zero-order valence-electron chi connectivity index (χ0n) is 10.2. The number of aromatic nitrogens is 2. The number of halogens is 1. The molecule has 18 heavy (non-hydrogen) atoms. The van der Waals surface area contributed by atoms with Gasteiger partial charge in [0.1, 0.15) is 0 Å². The van der Waals surface area contributed by atoms with Crippen LogP contribution >= 0.6 is 15.9 Å². The average Bonchev–Trinajstić information content (AvgIpc) is 2.84. The van der Waals surface area contributed by atoms with Crippen LogP contribution in [0.3, 0.4) is 0 Å². The van der Waals surface area contributed by atoms with Crippen molar-refractivity contribution in [2.45, 2.75) is 44.7 Å². The van der Waals surface area contributed by atoms with Gasteiger partial charge in [-0.15, -0.1) is 0 Å². The molecule has 2 N–H and O–H groups in total. The highest BCUT2D eigenvalue weighted by Crippen LogP contribution is 2.17. The maximum absolute atomic E-state index is 11.5. The van der Waals surface area contributed by atoms with Crippen LogP contribution in [0.15, 0.2) is 20.3 Å². The highest BCUT2D eigenvalue weighted by atomic mass is 79.9. The van der Waals surface area contributed by atoms with Gasteiger partial charge in [-0.1, -0.05) is 12.8 Å². The maximum Gasteiger partial charge on any atom is 0.328 e. The molecular formula is C12H18BrN3O2. The molecule has 0 radical (unpaired) electrons. The normalized spacial score (nSPS) is 16.3. The second-order valence-electron chi connectivity index (χ2n) is 4.72. The molecule has 1 aliphatic rings. The number of H-pyrrole nitrogens is 1. The summed E-state index contributed by atoms with van der Waals surface area (Å²) < 4.78 is 1.92. The monoisotopic (exact) mass is 315 g/mol. The van der Waals surface area contributed by atoms with Gasteiger partial charge in [0, 0.05) is 18.8 Å². The summed E-state index contributed by atoms with van der Waals surface area (Å²) in [5.41, 5.74) is -0.718. The largest absolute Gasteiger partial charge is 0.328 e. The first-order valence-electron chi connectivity index (χ1n) is 6.39. The fourth-order valence-electron chi connectivity index (χ4n) is 2.33. The maximum atomic E-state index is 11.5. The summed E-state index contributed by atoms with van der Waals surface area (Å²) in [6.07, 6.45) is 7.62. The Kier molecular flexibility index (Phi) is 4.77. The predicted molar refractivity (Wildman–Crippen MR) is 73.9 cm³/mol. The Hall–Kier alpha value is -0.880. The first-order valence-corrected chi connectivity index (χ1v) is 7.19. The van der Waals surface area contributed by atoms with Gasteiger partial charge in [-0.2, -0.15) is 0 Å². The third-order valence-electron chi connectivity index (χ3n) is 3.33. The van der Waals surface area contributed by atoms with E-state index in [9.17, 15) is 9.59 Å². The van der Waals surface area contributed by atoms with Crippen molar-refractivity contribution < 1.29 is 0 Å². The van der Waals surface area contributed by atoms with E-state index in [0.29, 0.717) is 17.1 Å². The summed E-state index contributed by atoms with van der Waals surface area (Å²) in [5, 5.41) is 3.50. The van der Waals surface area contributed by atoms with Crippen LogP contribution in [0.1, 0.15) is 32.1 Å². The minimum absolute atomic E-state index is 0.343. The molecular weight excluding hydrogens is 298 g/mol. The van der Waals surface area contributed by atoms with E-state index in [-0.39, 0.29) is 11.2 Å². The number of rotatable bonds is 5. The van der Waals surface area contributed by atoms with Gasteiger partial charge in [0.25, 0.3) is 5.56 Å². The van der Waals surface area contributed by atoms with Crippen LogP contribution in [0.2, 0.25) is 0 Å². The van der Waals surface area contributed by atoms with E-state index in [4.69, 9.17) is 0 Å². The summed E-state index contributed by atoms with van der Waals surface area (Å²) in [6.45, 7) is 1.53. The molecule has 100 valence electrons. The van der Waals surface area contributed by atoms with E-state index in [0.717, 1.165) is 13.0 Å². The van der Waals surface area contributed by atoms with Gasteiger partial charge < -0.3 is 5.32 Å². The van der Waals surface area contributed by atoms with Gasteiger partial charge >= 0.3 is 5.69 Å². The van der Waals surface area contributed by atoms with Crippen molar-refractivity contribution >= 4 is 15.9 Å². The van der Waals surface area contributed by atoms with Crippen LogP contribution < -0.4 is 16.6 Å². The number of nitrogens with one attached hydrogen (secondary N) is 2. The van der Waals surface area contributed by atoms with E-state index in [2.05, 4.69) is 26.2 Å². The molecule has 0 atom stereocenters. The highest BCUT2D eigenvalue weighted by Gasteiger charge is 2.13. The first-order chi connectivity index (χ1) is 8.66. The Labute approximate surface area is 114 Å². The molecule has 0 bridgehead atoms. The third kappa shape index (κ3) is 3.55. The fraction of sp³-hybridized carbons (Fsp3) is 0.667. The van der Waals surface area contributed by atoms with Gasteiger partial charge in [-0.3, -0.25) is 14.3 Å². The molecule has 2 rings (SSSR count). The Bertz CT molecular complexity index is 503. The number of hydrogen-bond acceptors (Lipinski definition) is 3. The van der Waals surface area contributed by atoms with E-state index in [1.807, 2.05) is 0 Å². The molecule has 0 aromatic carbocycles. The summed E-state index contributed by atoms with van der Waals surface area (Å²) in [6, 6.07) is 0.657. The average molecular weight is 316 g/mol. The third-order valence-corrected chi connectivity index (χ3v) is 3.90. The lowest BCUT2D eigenvalue weighted by atomic mass is 10.2. The van der Waals surface area contributed by atoms with Gasteiger partial charge in [0.2, 0.25) is 0 Å². The lowest BCUT2D eigenvalue weighted by Gasteiger charge is -2.11. The zero-order valence-corrected chi connectivity index (χ0v) is 11.8. The Morgan fingerprint density at radius 1 is 1.39 bits per heavy atom. The van der Waals surface area contributed by atoms with Crippen molar-refractivity contribution in [1.29, 1.82) is 0 Å². The molecule has 0 aliphatic heterocycles. The van der Waals surface area contributed by atoms with Crippen molar-refractivity contribution in [3.05, 3.63) is 31.5 Å². The molecule has 1 fully saturated rings. The molecule has 5 nitrogen and oxygen atoms in total. The van der Waals surface area contributed by atoms with Crippen LogP contribution in [0, 0.1) is 0 Å². The van der Waals surface area contributed by atoms with E-state index < -0.39 is 0 Å². The quantitative estimate of drug-likeness (QED) is 0.803. The van der Waals surface area contributed by atoms with Crippen LogP contribution in [0.25, 0.3) is 0 Å². The minimum Gasteiger partial charge on any atom is -0.314 e. The van der Waals surface area contributed by atoms with E-state index in [1.54, 1.807) is 6.20 Å². The van der Waals surface area contributed by atoms with Crippen LogP contribution in [0.5, 0.6) is 0 Å². The lowest BCUT2D eigenvalue weighted by molar-refractivity contribution is 0.489. The molecule has 1 aromatic rings. The lowest BCUT2D eigenvalue weighted by Crippen LogP contribution is -2.32. The number of nitrogens with zero attached hydrogens (tertiary/aromatic N) is 1. The number of aromatic amines is 1. The SMILES string of the molecule is O=c1[nH]c(=O)n(CCCNC2CCCC2)cc1Br. The molecule has 0 saturated heterocycles. The van der Waals surface area contributed by atoms with Gasteiger partial charge in [-0.05, 0) is 41.7 Å². The Morgan fingerprint density at radius 2 is 2.11 bits per heavy atom. The number of hydrogen-bond donors (Lipinski definition) is 2. The Balaban J connectivity index is 1.81. The topological polar surface area (TPSA) is 66.9 Å². The van der Waals surface area contributed by atoms with Crippen LogP contribution in [-0.4, -0.2) is 22.1 Å².